The molecule has 0 fully saturated rings. The van der Waals surface area contributed by atoms with Crippen molar-refractivity contribution in [2.75, 3.05) is 18.1 Å². The Morgan fingerprint density at radius 2 is 1.89 bits per heavy atom. The summed E-state index contributed by atoms with van der Waals surface area (Å²) < 4.78 is 0.967. The van der Waals surface area contributed by atoms with Crippen LogP contribution in [0.3, 0.4) is 0 Å². The summed E-state index contributed by atoms with van der Waals surface area (Å²) in [6.07, 6.45) is 2.09. The van der Waals surface area contributed by atoms with E-state index in [1.807, 2.05) is 18.2 Å². The van der Waals surface area contributed by atoms with E-state index in [2.05, 4.69) is 34.7 Å². The molecule has 18 heavy (non-hydrogen) atoms. The van der Waals surface area contributed by atoms with Crippen LogP contribution in [0.2, 0.25) is 0 Å². The minimum absolute atomic E-state index is 0.0455. The Morgan fingerprint density at radius 3 is 2.33 bits per heavy atom. The first-order valence-electron chi connectivity index (χ1n) is 6.44. The maximum atomic E-state index is 9.23. The molecule has 4 heteroatoms. The van der Waals surface area contributed by atoms with Gasteiger partial charge in [0.05, 0.1) is 18.9 Å². The summed E-state index contributed by atoms with van der Waals surface area (Å²) >= 11 is 3.55. The van der Waals surface area contributed by atoms with E-state index in [9.17, 15) is 5.11 Å². The fraction of sp³-hybridized carbons (Fsp3) is 0.571. The number of aliphatic hydroxyl groups excluding tert-OH is 2. The Kier molecular flexibility index (Phi) is 6.68. The lowest BCUT2D eigenvalue weighted by Gasteiger charge is -2.33. The molecule has 0 heterocycles. The van der Waals surface area contributed by atoms with E-state index in [1.54, 1.807) is 0 Å². The number of nitrogens with zero attached hydrogens (tertiary/aromatic N) is 1. The van der Waals surface area contributed by atoms with Gasteiger partial charge in [-0.1, -0.05) is 19.9 Å². The monoisotopic (exact) mass is 315 g/mol. The molecule has 0 aliphatic carbocycles. The number of benzene rings is 1. The molecule has 0 saturated heterocycles. The highest BCUT2D eigenvalue weighted by atomic mass is 79.9. The van der Waals surface area contributed by atoms with E-state index < -0.39 is 0 Å². The molecule has 1 aromatic rings. The van der Waals surface area contributed by atoms with Crippen LogP contribution in [0.5, 0.6) is 0 Å². The fourth-order valence-electron chi connectivity index (χ4n) is 2.22. The predicted octanol–water partition coefficient (Wildman–Crippen LogP) is 2.93. The molecule has 0 aliphatic heterocycles. The van der Waals surface area contributed by atoms with Crippen LogP contribution in [0.15, 0.2) is 22.7 Å². The van der Waals surface area contributed by atoms with Crippen molar-refractivity contribution in [1.82, 2.24) is 0 Å². The smallest absolute Gasteiger partial charge is 0.0682 e. The second-order valence-electron chi connectivity index (χ2n) is 4.33. The number of aliphatic hydroxyl groups is 2. The SMILES string of the molecule is CCC(CC)N(CCO)c1ccc(CO)cc1Br. The number of hydrogen-bond acceptors (Lipinski definition) is 3. The van der Waals surface area contributed by atoms with Gasteiger partial charge >= 0.3 is 0 Å². The predicted molar refractivity (Wildman–Crippen MR) is 78.9 cm³/mol. The molecule has 0 atom stereocenters. The van der Waals surface area contributed by atoms with Gasteiger partial charge in [-0.15, -0.1) is 0 Å². The van der Waals surface area contributed by atoms with E-state index in [1.165, 1.54) is 0 Å². The molecule has 2 N–H and O–H groups in total. The van der Waals surface area contributed by atoms with Gasteiger partial charge in [-0.25, -0.2) is 0 Å². The molecule has 1 aromatic carbocycles. The molecular formula is C14H22BrNO2. The highest BCUT2D eigenvalue weighted by molar-refractivity contribution is 9.10. The zero-order valence-corrected chi connectivity index (χ0v) is 12.7. The summed E-state index contributed by atoms with van der Waals surface area (Å²) in [5, 5.41) is 18.4. The minimum Gasteiger partial charge on any atom is -0.395 e. The highest BCUT2D eigenvalue weighted by Gasteiger charge is 2.17. The van der Waals surface area contributed by atoms with Crippen LogP contribution >= 0.6 is 15.9 Å². The number of rotatable bonds is 7. The number of anilines is 1. The molecule has 0 radical (unpaired) electrons. The zero-order chi connectivity index (χ0) is 13.5. The van der Waals surface area contributed by atoms with Gasteiger partial charge < -0.3 is 15.1 Å². The van der Waals surface area contributed by atoms with Gasteiger partial charge in [0, 0.05) is 17.1 Å². The first kappa shape index (κ1) is 15.5. The van der Waals surface area contributed by atoms with Crippen molar-refractivity contribution in [3.8, 4) is 0 Å². The third-order valence-electron chi connectivity index (χ3n) is 3.23. The lowest BCUT2D eigenvalue weighted by molar-refractivity contribution is 0.281. The Balaban J connectivity index is 3.04. The Bertz CT molecular complexity index is 367. The normalized spacial score (nSPS) is 11.0. The molecule has 0 spiro atoms. The van der Waals surface area contributed by atoms with Crippen LogP contribution in [0, 0.1) is 0 Å². The van der Waals surface area contributed by atoms with E-state index in [-0.39, 0.29) is 13.2 Å². The molecule has 1 rings (SSSR count). The Hall–Kier alpha value is -0.580. The summed E-state index contributed by atoms with van der Waals surface area (Å²) in [5.41, 5.74) is 1.97. The fourth-order valence-corrected chi connectivity index (χ4v) is 2.87. The summed E-state index contributed by atoms with van der Waals surface area (Å²) in [7, 11) is 0. The standard InChI is InChI=1S/C14H22BrNO2/c1-3-12(4-2)16(7-8-17)14-6-5-11(10-18)9-13(14)15/h5-6,9,12,17-18H,3-4,7-8,10H2,1-2H3. The van der Waals surface area contributed by atoms with Crippen LogP contribution in [-0.2, 0) is 6.61 Å². The van der Waals surface area contributed by atoms with Gasteiger partial charge in [0.25, 0.3) is 0 Å². The minimum atomic E-state index is 0.0455. The number of halogens is 1. The topological polar surface area (TPSA) is 43.7 Å². The molecule has 0 bridgehead atoms. The van der Waals surface area contributed by atoms with Crippen LogP contribution in [-0.4, -0.2) is 29.4 Å². The van der Waals surface area contributed by atoms with Crippen LogP contribution < -0.4 is 4.90 Å². The molecular weight excluding hydrogens is 294 g/mol. The second kappa shape index (κ2) is 7.77. The van der Waals surface area contributed by atoms with Crippen molar-refractivity contribution >= 4 is 21.6 Å². The summed E-state index contributed by atoms with van der Waals surface area (Å²) in [6.45, 7) is 5.14. The summed E-state index contributed by atoms with van der Waals surface area (Å²) in [5.74, 6) is 0. The molecule has 0 unspecified atom stereocenters. The lowest BCUT2D eigenvalue weighted by atomic mass is 10.1. The van der Waals surface area contributed by atoms with Crippen molar-refractivity contribution in [2.24, 2.45) is 0 Å². The van der Waals surface area contributed by atoms with Crippen molar-refractivity contribution in [1.29, 1.82) is 0 Å². The van der Waals surface area contributed by atoms with Crippen molar-refractivity contribution < 1.29 is 10.2 Å². The van der Waals surface area contributed by atoms with E-state index in [0.29, 0.717) is 12.6 Å². The van der Waals surface area contributed by atoms with Gasteiger partial charge in [0.1, 0.15) is 0 Å². The third kappa shape index (κ3) is 3.70. The molecule has 0 aromatic heterocycles. The molecule has 102 valence electrons. The first-order valence-corrected chi connectivity index (χ1v) is 7.23. The second-order valence-corrected chi connectivity index (χ2v) is 5.19. The maximum absolute atomic E-state index is 9.23. The molecule has 0 aliphatic rings. The van der Waals surface area contributed by atoms with Crippen LogP contribution in [0.25, 0.3) is 0 Å². The van der Waals surface area contributed by atoms with Gasteiger partial charge in [0.15, 0.2) is 0 Å². The van der Waals surface area contributed by atoms with E-state index in [4.69, 9.17) is 5.11 Å². The largest absolute Gasteiger partial charge is 0.395 e. The van der Waals surface area contributed by atoms with Crippen molar-refractivity contribution in [2.45, 2.75) is 39.3 Å². The zero-order valence-electron chi connectivity index (χ0n) is 11.1. The Morgan fingerprint density at radius 1 is 1.22 bits per heavy atom. The van der Waals surface area contributed by atoms with Gasteiger partial charge in [-0.2, -0.15) is 0 Å². The first-order chi connectivity index (χ1) is 8.67. The average molecular weight is 316 g/mol. The Labute approximate surface area is 118 Å². The summed E-state index contributed by atoms with van der Waals surface area (Å²) in [4.78, 5) is 2.23. The van der Waals surface area contributed by atoms with Crippen molar-refractivity contribution in [3.05, 3.63) is 28.2 Å². The molecule has 0 amide bonds. The van der Waals surface area contributed by atoms with Crippen molar-refractivity contribution in [3.63, 3.8) is 0 Å². The average Bonchev–Trinajstić information content (AvgIpc) is 2.39. The van der Waals surface area contributed by atoms with Crippen LogP contribution in [0.1, 0.15) is 32.3 Å². The van der Waals surface area contributed by atoms with Gasteiger partial charge in [-0.3, -0.25) is 0 Å². The third-order valence-corrected chi connectivity index (χ3v) is 3.86. The lowest BCUT2D eigenvalue weighted by Crippen LogP contribution is -2.37. The van der Waals surface area contributed by atoms with Gasteiger partial charge in [-0.05, 0) is 46.5 Å². The maximum Gasteiger partial charge on any atom is 0.0682 e. The van der Waals surface area contributed by atoms with E-state index in [0.717, 1.165) is 28.6 Å². The van der Waals surface area contributed by atoms with Crippen LogP contribution in [0.4, 0.5) is 5.69 Å². The summed E-state index contributed by atoms with van der Waals surface area (Å²) in [6, 6.07) is 6.28. The highest BCUT2D eigenvalue weighted by Crippen LogP contribution is 2.30. The number of hydrogen-bond donors (Lipinski definition) is 2. The molecule has 0 saturated carbocycles. The van der Waals surface area contributed by atoms with E-state index >= 15 is 0 Å². The van der Waals surface area contributed by atoms with Gasteiger partial charge in [0.2, 0.25) is 0 Å². The molecule has 3 nitrogen and oxygen atoms in total. The quantitative estimate of drug-likeness (QED) is 0.813.